The lowest BCUT2D eigenvalue weighted by Gasteiger charge is -2.43. The number of hydrogen-bond acceptors (Lipinski definition) is 4. The molecule has 0 atom stereocenters. The van der Waals surface area contributed by atoms with Crippen molar-refractivity contribution >= 4 is 5.82 Å². The molecule has 1 saturated carbocycles. The Morgan fingerprint density at radius 1 is 0.958 bits per heavy atom. The van der Waals surface area contributed by atoms with Gasteiger partial charge >= 0.3 is 0 Å². The van der Waals surface area contributed by atoms with Crippen LogP contribution in [0.4, 0.5) is 10.2 Å². The second-order valence-corrected chi connectivity index (χ2v) is 6.50. The van der Waals surface area contributed by atoms with Crippen molar-refractivity contribution in [2.75, 3.05) is 31.1 Å². The zero-order chi connectivity index (χ0) is 16.4. The van der Waals surface area contributed by atoms with Crippen LogP contribution in [0.25, 0.3) is 0 Å². The minimum absolute atomic E-state index is 0.270. The van der Waals surface area contributed by atoms with Crippen molar-refractivity contribution < 1.29 is 9.13 Å². The summed E-state index contributed by atoms with van der Waals surface area (Å²) < 4.78 is 18.7. The van der Waals surface area contributed by atoms with Gasteiger partial charge in [0.1, 0.15) is 17.4 Å². The SMILES string of the molecule is Fc1ccc(Oc2cccc(N3CCN(C4CCC4)CC3)n2)cc1. The fourth-order valence-electron chi connectivity index (χ4n) is 3.33. The molecule has 2 fully saturated rings. The molecule has 0 amide bonds. The standard InChI is InChI=1S/C19H22FN3O/c20-15-7-9-17(10-8-15)24-19-6-2-5-18(21-19)23-13-11-22(12-14-23)16-3-1-4-16/h2,5-10,16H,1,3-4,11-14H2. The van der Waals surface area contributed by atoms with E-state index >= 15 is 0 Å². The molecule has 5 heteroatoms. The first-order valence-corrected chi connectivity index (χ1v) is 8.67. The lowest BCUT2D eigenvalue weighted by molar-refractivity contribution is 0.120. The average molecular weight is 327 g/mol. The number of ether oxygens (including phenoxy) is 1. The van der Waals surface area contributed by atoms with Crippen LogP contribution in [0.3, 0.4) is 0 Å². The van der Waals surface area contributed by atoms with Gasteiger partial charge in [0.25, 0.3) is 0 Å². The van der Waals surface area contributed by atoms with Crippen LogP contribution in [-0.4, -0.2) is 42.1 Å². The molecule has 2 heterocycles. The van der Waals surface area contributed by atoms with E-state index in [9.17, 15) is 4.39 Å². The minimum atomic E-state index is -0.270. The van der Waals surface area contributed by atoms with Crippen LogP contribution in [0, 0.1) is 5.82 Å². The fourth-order valence-corrected chi connectivity index (χ4v) is 3.33. The van der Waals surface area contributed by atoms with Gasteiger partial charge < -0.3 is 9.64 Å². The Balaban J connectivity index is 1.40. The van der Waals surface area contributed by atoms with Crippen molar-refractivity contribution in [1.82, 2.24) is 9.88 Å². The van der Waals surface area contributed by atoms with Gasteiger partial charge in [0.05, 0.1) is 0 Å². The van der Waals surface area contributed by atoms with E-state index in [4.69, 9.17) is 4.74 Å². The van der Waals surface area contributed by atoms with E-state index in [0.29, 0.717) is 11.6 Å². The monoisotopic (exact) mass is 327 g/mol. The smallest absolute Gasteiger partial charge is 0.221 e. The van der Waals surface area contributed by atoms with Gasteiger partial charge in [-0.2, -0.15) is 4.98 Å². The Morgan fingerprint density at radius 2 is 1.71 bits per heavy atom. The van der Waals surface area contributed by atoms with Crippen LogP contribution in [0.2, 0.25) is 0 Å². The average Bonchev–Trinajstić information content (AvgIpc) is 2.56. The van der Waals surface area contributed by atoms with Gasteiger partial charge in [0, 0.05) is 38.3 Å². The second kappa shape index (κ2) is 6.77. The van der Waals surface area contributed by atoms with Crippen molar-refractivity contribution in [2.24, 2.45) is 0 Å². The summed E-state index contributed by atoms with van der Waals surface area (Å²) in [6, 6.07) is 12.6. The van der Waals surface area contributed by atoms with Gasteiger partial charge in [-0.25, -0.2) is 4.39 Å². The molecule has 1 aliphatic heterocycles. The molecule has 1 saturated heterocycles. The van der Waals surface area contributed by atoms with Gasteiger partial charge in [-0.05, 0) is 43.2 Å². The molecule has 1 aliphatic carbocycles. The molecule has 126 valence electrons. The van der Waals surface area contributed by atoms with E-state index in [1.54, 1.807) is 12.1 Å². The molecule has 0 unspecified atom stereocenters. The lowest BCUT2D eigenvalue weighted by atomic mass is 9.91. The van der Waals surface area contributed by atoms with Crippen LogP contribution in [0.15, 0.2) is 42.5 Å². The number of nitrogens with zero attached hydrogens (tertiary/aromatic N) is 3. The third-order valence-electron chi connectivity index (χ3n) is 4.97. The van der Waals surface area contributed by atoms with Crippen LogP contribution >= 0.6 is 0 Å². The number of pyridine rings is 1. The van der Waals surface area contributed by atoms with Crippen molar-refractivity contribution in [3.05, 3.63) is 48.3 Å². The van der Waals surface area contributed by atoms with Gasteiger partial charge in [0.15, 0.2) is 0 Å². The minimum Gasteiger partial charge on any atom is -0.439 e. The molecule has 2 aliphatic rings. The molecule has 0 N–H and O–H groups in total. The molecular weight excluding hydrogens is 305 g/mol. The number of aromatic nitrogens is 1. The number of piperazine rings is 1. The normalized spacial score (nSPS) is 19.1. The molecule has 1 aromatic carbocycles. The van der Waals surface area contributed by atoms with Gasteiger partial charge in [-0.1, -0.05) is 12.5 Å². The second-order valence-electron chi connectivity index (χ2n) is 6.50. The van der Waals surface area contributed by atoms with Gasteiger partial charge in [-0.3, -0.25) is 4.90 Å². The van der Waals surface area contributed by atoms with E-state index < -0.39 is 0 Å². The Kier molecular flexibility index (Phi) is 4.34. The number of benzene rings is 1. The van der Waals surface area contributed by atoms with E-state index in [-0.39, 0.29) is 5.82 Å². The summed E-state index contributed by atoms with van der Waals surface area (Å²) in [7, 11) is 0. The molecule has 4 rings (SSSR count). The Hall–Kier alpha value is -2.14. The van der Waals surface area contributed by atoms with Crippen LogP contribution < -0.4 is 9.64 Å². The van der Waals surface area contributed by atoms with E-state index in [2.05, 4.69) is 14.8 Å². The maximum atomic E-state index is 13.0. The third kappa shape index (κ3) is 3.36. The quantitative estimate of drug-likeness (QED) is 0.856. The molecule has 0 spiro atoms. The van der Waals surface area contributed by atoms with E-state index in [1.807, 2.05) is 18.2 Å². The van der Waals surface area contributed by atoms with Crippen molar-refractivity contribution in [1.29, 1.82) is 0 Å². The summed E-state index contributed by atoms with van der Waals surface area (Å²) in [6.07, 6.45) is 4.10. The molecule has 1 aromatic heterocycles. The van der Waals surface area contributed by atoms with Gasteiger partial charge in [0.2, 0.25) is 5.88 Å². The largest absolute Gasteiger partial charge is 0.439 e. The molecular formula is C19H22FN3O. The molecule has 0 radical (unpaired) electrons. The Bertz CT molecular complexity index is 679. The van der Waals surface area contributed by atoms with Crippen LogP contribution in [0.5, 0.6) is 11.6 Å². The van der Waals surface area contributed by atoms with Crippen molar-refractivity contribution in [3.8, 4) is 11.6 Å². The summed E-state index contributed by atoms with van der Waals surface area (Å²) in [5, 5.41) is 0. The van der Waals surface area contributed by atoms with Crippen LogP contribution in [-0.2, 0) is 0 Å². The summed E-state index contributed by atoms with van der Waals surface area (Å²) in [4.78, 5) is 9.53. The molecule has 4 nitrogen and oxygen atoms in total. The van der Waals surface area contributed by atoms with Crippen molar-refractivity contribution in [2.45, 2.75) is 25.3 Å². The Morgan fingerprint density at radius 3 is 2.38 bits per heavy atom. The third-order valence-corrected chi connectivity index (χ3v) is 4.97. The summed E-state index contributed by atoms with van der Waals surface area (Å²) in [5.41, 5.74) is 0. The fraction of sp³-hybridized carbons (Fsp3) is 0.421. The van der Waals surface area contributed by atoms with Crippen LogP contribution in [0.1, 0.15) is 19.3 Å². The van der Waals surface area contributed by atoms with E-state index in [1.165, 1.54) is 31.4 Å². The first kappa shape index (κ1) is 15.4. The molecule has 24 heavy (non-hydrogen) atoms. The number of anilines is 1. The highest BCUT2D eigenvalue weighted by molar-refractivity contribution is 5.42. The van der Waals surface area contributed by atoms with E-state index in [0.717, 1.165) is 38.0 Å². The maximum Gasteiger partial charge on any atom is 0.221 e. The number of hydrogen-bond donors (Lipinski definition) is 0. The highest BCUT2D eigenvalue weighted by Crippen LogP contribution is 2.27. The summed E-state index contributed by atoms with van der Waals surface area (Å²) in [5.74, 6) is 1.81. The summed E-state index contributed by atoms with van der Waals surface area (Å²) >= 11 is 0. The molecule has 0 bridgehead atoms. The Labute approximate surface area is 141 Å². The predicted octanol–water partition coefficient (Wildman–Crippen LogP) is 3.69. The highest BCUT2D eigenvalue weighted by Gasteiger charge is 2.28. The maximum absolute atomic E-state index is 13.0. The predicted molar refractivity (Wildman–Crippen MR) is 92.1 cm³/mol. The highest BCUT2D eigenvalue weighted by atomic mass is 19.1. The topological polar surface area (TPSA) is 28.6 Å². The van der Waals surface area contributed by atoms with Crippen molar-refractivity contribution in [3.63, 3.8) is 0 Å². The lowest BCUT2D eigenvalue weighted by Crippen LogP contribution is -2.52. The number of halogens is 1. The zero-order valence-electron chi connectivity index (χ0n) is 13.7. The van der Waals surface area contributed by atoms with Gasteiger partial charge in [-0.15, -0.1) is 0 Å². The molecule has 2 aromatic rings. The summed E-state index contributed by atoms with van der Waals surface area (Å²) in [6.45, 7) is 4.22. The first-order chi connectivity index (χ1) is 11.8. The number of rotatable bonds is 4. The zero-order valence-corrected chi connectivity index (χ0v) is 13.7. The first-order valence-electron chi connectivity index (χ1n) is 8.67.